The topological polar surface area (TPSA) is 35.1 Å². The highest BCUT2D eigenvalue weighted by Crippen LogP contribution is 2.50. The van der Waals surface area contributed by atoms with E-state index in [1.165, 1.54) is 71.1 Å². The van der Waals surface area contributed by atoms with Crippen molar-refractivity contribution in [3.8, 4) is 28.3 Å². The summed E-state index contributed by atoms with van der Waals surface area (Å²) in [4.78, 5) is 10.8. The van der Waals surface area contributed by atoms with Gasteiger partial charge in [-0.3, -0.25) is 4.57 Å². The molecule has 0 spiro atoms. The summed E-state index contributed by atoms with van der Waals surface area (Å²) in [6.07, 6.45) is 0. The Bertz CT molecular complexity index is 3290. The smallest absolute Gasteiger partial charge is 0.235 e. The molecule has 12 rings (SSSR count). The Kier molecular flexibility index (Phi) is 5.02. The summed E-state index contributed by atoms with van der Waals surface area (Å²) in [7, 11) is 0. The summed E-state index contributed by atoms with van der Waals surface area (Å²) >= 11 is 0. The van der Waals surface area contributed by atoms with E-state index < -0.39 is 0 Å². The molecule has 4 heterocycles. The molecule has 11 aromatic rings. The highest BCUT2D eigenvalue weighted by molar-refractivity contribution is 6.33. The van der Waals surface area contributed by atoms with Crippen LogP contribution in [0.5, 0.6) is 0 Å². The number of hydrogen-bond acceptors (Lipinski definition) is 2. The number of hydrogen-bond donors (Lipinski definition) is 0. The van der Waals surface area contributed by atoms with Crippen LogP contribution in [-0.4, -0.2) is 18.9 Å². The second-order valence-electron chi connectivity index (χ2n) is 14.6. The van der Waals surface area contributed by atoms with E-state index in [2.05, 4.69) is 168 Å². The van der Waals surface area contributed by atoms with Crippen LogP contribution in [0.4, 0.5) is 0 Å². The quantitative estimate of drug-likeness (QED) is 0.187. The molecule has 0 saturated carbocycles. The SMILES string of the molecule is CC1(C)c2ccccc2-c2ccc(-c3nc(-n4c5cccc6c7ccccc7n7c8ccccc8c8ccc4c(c65)c87)nc4ccccc34)cc21. The molecule has 51 heavy (non-hydrogen) atoms. The van der Waals surface area contributed by atoms with Gasteiger partial charge >= 0.3 is 0 Å². The molecule has 0 fully saturated rings. The van der Waals surface area contributed by atoms with Gasteiger partial charge in [0.2, 0.25) is 5.95 Å². The van der Waals surface area contributed by atoms with E-state index in [0.29, 0.717) is 5.95 Å². The monoisotopic (exact) mass is 650 g/mol. The fraction of sp³-hybridized carbons (Fsp3) is 0.0638. The van der Waals surface area contributed by atoms with Crippen LogP contribution in [0.15, 0.2) is 146 Å². The third kappa shape index (κ3) is 3.35. The third-order valence-corrected chi connectivity index (χ3v) is 11.7. The summed E-state index contributed by atoms with van der Waals surface area (Å²) in [6, 6.07) is 53.0. The van der Waals surface area contributed by atoms with Gasteiger partial charge < -0.3 is 4.40 Å². The van der Waals surface area contributed by atoms with Crippen molar-refractivity contribution in [2.45, 2.75) is 19.3 Å². The summed E-state index contributed by atoms with van der Waals surface area (Å²) in [6.45, 7) is 4.67. The largest absolute Gasteiger partial charge is 0.308 e. The van der Waals surface area contributed by atoms with Crippen LogP contribution in [-0.2, 0) is 5.41 Å². The number of aromatic nitrogens is 4. The van der Waals surface area contributed by atoms with Crippen molar-refractivity contribution >= 4 is 70.8 Å². The molecule has 4 heteroatoms. The maximum Gasteiger partial charge on any atom is 0.235 e. The van der Waals surface area contributed by atoms with Crippen molar-refractivity contribution in [1.82, 2.24) is 18.9 Å². The van der Waals surface area contributed by atoms with Gasteiger partial charge in [0.05, 0.1) is 38.8 Å². The predicted molar refractivity (Wildman–Crippen MR) is 212 cm³/mol. The average molecular weight is 651 g/mol. The molecule has 0 aliphatic heterocycles. The van der Waals surface area contributed by atoms with Crippen molar-refractivity contribution in [3.05, 3.63) is 157 Å². The Morgan fingerprint density at radius 2 is 1.12 bits per heavy atom. The Morgan fingerprint density at radius 3 is 1.96 bits per heavy atom. The van der Waals surface area contributed by atoms with E-state index in [4.69, 9.17) is 9.97 Å². The number of nitrogens with zero attached hydrogens (tertiary/aromatic N) is 4. The van der Waals surface area contributed by atoms with Gasteiger partial charge in [0.1, 0.15) is 0 Å². The van der Waals surface area contributed by atoms with E-state index in [1.807, 2.05) is 0 Å². The Labute approximate surface area is 293 Å². The molecule has 1 aliphatic carbocycles. The lowest BCUT2D eigenvalue weighted by Gasteiger charge is -2.22. The van der Waals surface area contributed by atoms with Gasteiger partial charge in [0.15, 0.2) is 0 Å². The van der Waals surface area contributed by atoms with Gasteiger partial charge in [0, 0.05) is 43.3 Å². The molecule has 0 amide bonds. The summed E-state index contributed by atoms with van der Waals surface area (Å²) in [5.74, 6) is 0.680. The second kappa shape index (κ2) is 9.38. The molecule has 0 atom stereocenters. The van der Waals surface area contributed by atoms with Crippen LogP contribution in [0.2, 0.25) is 0 Å². The maximum atomic E-state index is 5.52. The average Bonchev–Trinajstić information content (AvgIpc) is 3.74. The molecule has 0 radical (unpaired) electrons. The molecule has 238 valence electrons. The highest BCUT2D eigenvalue weighted by Gasteiger charge is 2.35. The standard InChI is InChI=1S/C47H30N4/c1-47(2)35-17-7-3-12-28(35)29-23-22-27(26-36(29)47)44-34-15-4-8-18-37(34)48-46(49-44)51-40-21-11-16-32-30-13-5-9-19-38(30)50-39-20-10-6-14-31(39)33-24-25-41(51)43(42(32)40)45(33)50/h3-26H,1-2H3. The lowest BCUT2D eigenvalue weighted by atomic mass is 9.82. The van der Waals surface area contributed by atoms with E-state index in [0.717, 1.165) is 33.2 Å². The highest BCUT2D eigenvalue weighted by atomic mass is 15.2. The zero-order chi connectivity index (χ0) is 33.6. The normalized spacial score (nSPS) is 13.8. The van der Waals surface area contributed by atoms with Gasteiger partial charge in [0.25, 0.3) is 0 Å². The minimum atomic E-state index is -0.106. The second-order valence-corrected chi connectivity index (χ2v) is 14.6. The van der Waals surface area contributed by atoms with Gasteiger partial charge in [-0.2, -0.15) is 0 Å². The lowest BCUT2D eigenvalue weighted by molar-refractivity contribution is 0.660. The summed E-state index contributed by atoms with van der Waals surface area (Å²) in [5, 5.41) is 8.49. The third-order valence-electron chi connectivity index (χ3n) is 11.7. The number of fused-ring (bicyclic) bond motifs is 10. The van der Waals surface area contributed by atoms with Crippen LogP contribution in [0.1, 0.15) is 25.0 Å². The van der Waals surface area contributed by atoms with Crippen molar-refractivity contribution in [2.75, 3.05) is 0 Å². The predicted octanol–water partition coefficient (Wildman–Crippen LogP) is 11.9. The molecule has 7 aromatic carbocycles. The molecule has 4 aromatic heterocycles. The molecule has 1 aliphatic rings. The maximum absolute atomic E-state index is 5.52. The van der Waals surface area contributed by atoms with Gasteiger partial charge in [-0.05, 0) is 64.0 Å². The molecule has 4 nitrogen and oxygen atoms in total. The summed E-state index contributed by atoms with van der Waals surface area (Å²) in [5.41, 5.74) is 14.1. The molecular formula is C47H30N4. The van der Waals surface area contributed by atoms with Crippen LogP contribution >= 0.6 is 0 Å². The minimum absolute atomic E-state index is 0.106. The zero-order valence-corrected chi connectivity index (χ0v) is 28.1. The van der Waals surface area contributed by atoms with Gasteiger partial charge in [-0.25, -0.2) is 9.97 Å². The fourth-order valence-corrected chi connectivity index (χ4v) is 9.42. The van der Waals surface area contributed by atoms with E-state index >= 15 is 0 Å². The molecule has 0 saturated heterocycles. The molecule has 0 bridgehead atoms. The van der Waals surface area contributed by atoms with Crippen molar-refractivity contribution in [3.63, 3.8) is 0 Å². The zero-order valence-electron chi connectivity index (χ0n) is 28.1. The molecule has 0 N–H and O–H groups in total. The van der Waals surface area contributed by atoms with E-state index in [9.17, 15) is 0 Å². The Balaban J connectivity index is 1.21. The number of benzene rings is 7. The first-order valence-corrected chi connectivity index (χ1v) is 17.7. The van der Waals surface area contributed by atoms with Crippen LogP contribution in [0.25, 0.3) is 99.1 Å². The van der Waals surface area contributed by atoms with Crippen LogP contribution < -0.4 is 0 Å². The van der Waals surface area contributed by atoms with E-state index in [1.54, 1.807) is 0 Å². The molecular weight excluding hydrogens is 621 g/mol. The van der Waals surface area contributed by atoms with E-state index in [-0.39, 0.29) is 5.41 Å². The van der Waals surface area contributed by atoms with Crippen LogP contribution in [0.3, 0.4) is 0 Å². The fourth-order valence-electron chi connectivity index (χ4n) is 9.42. The Morgan fingerprint density at radius 1 is 0.471 bits per heavy atom. The molecule has 0 unspecified atom stereocenters. The van der Waals surface area contributed by atoms with Gasteiger partial charge in [-0.1, -0.05) is 123 Å². The van der Waals surface area contributed by atoms with Crippen molar-refractivity contribution in [1.29, 1.82) is 0 Å². The lowest BCUT2D eigenvalue weighted by Crippen LogP contribution is -2.15. The minimum Gasteiger partial charge on any atom is -0.308 e. The van der Waals surface area contributed by atoms with Crippen molar-refractivity contribution in [2.24, 2.45) is 0 Å². The summed E-state index contributed by atoms with van der Waals surface area (Å²) < 4.78 is 4.77. The number of para-hydroxylation sites is 3. The first kappa shape index (κ1) is 27.3. The number of rotatable bonds is 2. The Hall–Kier alpha value is -6.52. The first-order valence-electron chi connectivity index (χ1n) is 17.7. The first-order chi connectivity index (χ1) is 25.1. The van der Waals surface area contributed by atoms with Crippen molar-refractivity contribution < 1.29 is 0 Å². The van der Waals surface area contributed by atoms with Gasteiger partial charge in [-0.15, -0.1) is 0 Å². The van der Waals surface area contributed by atoms with Crippen LogP contribution in [0, 0.1) is 0 Å².